The minimum atomic E-state index is -0.731. The highest BCUT2D eigenvalue weighted by Crippen LogP contribution is 2.36. The van der Waals surface area contributed by atoms with Gasteiger partial charge in [0.2, 0.25) is 0 Å². The molecule has 8 heteroatoms. The molecule has 1 heterocycles. The van der Waals surface area contributed by atoms with Crippen molar-refractivity contribution in [2.45, 2.75) is 90.0 Å². The number of nitrogens with zero attached hydrogens (tertiary/aromatic N) is 1. The number of ether oxygens (including phenoxy) is 2. The first-order valence-corrected chi connectivity index (χ1v) is 13.1. The molecule has 0 spiro atoms. The first kappa shape index (κ1) is 28.8. The lowest BCUT2D eigenvalue weighted by Gasteiger charge is -2.37. The van der Waals surface area contributed by atoms with E-state index in [0.29, 0.717) is 12.2 Å². The second-order valence-electron chi connectivity index (χ2n) is 10.9. The highest BCUT2D eigenvalue weighted by atomic mass is 32.2. The van der Waals surface area contributed by atoms with Crippen LogP contribution < -0.4 is 5.32 Å². The number of benzene rings is 1. The van der Waals surface area contributed by atoms with Crippen LogP contribution in [0.15, 0.2) is 43.0 Å². The molecule has 0 radical (unpaired) electrons. The summed E-state index contributed by atoms with van der Waals surface area (Å²) < 4.78 is 11.2. The molecule has 1 aromatic rings. The van der Waals surface area contributed by atoms with Gasteiger partial charge < -0.3 is 14.8 Å². The van der Waals surface area contributed by atoms with E-state index in [1.807, 2.05) is 30.3 Å². The van der Waals surface area contributed by atoms with E-state index in [2.05, 4.69) is 11.9 Å². The molecule has 0 unspecified atom stereocenters. The predicted octanol–water partition coefficient (Wildman–Crippen LogP) is 5.58. The normalized spacial score (nSPS) is 21.2. The average molecular weight is 505 g/mol. The third-order valence-corrected chi connectivity index (χ3v) is 6.62. The summed E-state index contributed by atoms with van der Waals surface area (Å²) in [7, 11) is 0. The quantitative estimate of drug-likeness (QED) is 0.465. The van der Waals surface area contributed by atoms with Crippen molar-refractivity contribution in [2.24, 2.45) is 5.92 Å². The van der Waals surface area contributed by atoms with Crippen molar-refractivity contribution < 1.29 is 23.9 Å². The zero-order valence-corrected chi connectivity index (χ0v) is 22.8. The Hall–Kier alpha value is -2.48. The highest BCUT2D eigenvalue weighted by molar-refractivity contribution is 7.98. The van der Waals surface area contributed by atoms with Gasteiger partial charge in [-0.05, 0) is 60.5 Å². The van der Waals surface area contributed by atoms with Crippen molar-refractivity contribution in [3.05, 3.63) is 48.6 Å². The van der Waals surface area contributed by atoms with Crippen LogP contribution in [0.1, 0.15) is 60.5 Å². The number of hydrogen-bond acceptors (Lipinski definition) is 6. The van der Waals surface area contributed by atoms with Crippen LogP contribution in [0, 0.1) is 5.92 Å². The van der Waals surface area contributed by atoms with E-state index in [4.69, 9.17) is 9.47 Å². The highest BCUT2D eigenvalue weighted by Gasteiger charge is 2.49. The van der Waals surface area contributed by atoms with Crippen molar-refractivity contribution in [2.75, 3.05) is 5.75 Å². The molecular weight excluding hydrogens is 464 g/mol. The predicted molar refractivity (Wildman–Crippen MR) is 140 cm³/mol. The maximum absolute atomic E-state index is 13.3. The molecule has 1 aliphatic rings. The maximum atomic E-state index is 13.3. The van der Waals surface area contributed by atoms with Gasteiger partial charge in [-0.15, -0.1) is 6.58 Å². The molecule has 35 heavy (non-hydrogen) atoms. The molecule has 1 aliphatic heterocycles. The molecule has 2 rings (SSSR count). The summed E-state index contributed by atoms with van der Waals surface area (Å²) >= 11 is 1.64. The van der Waals surface area contributed by atoms with Crippen molar-refractivity contribution in [3.8, 4) is 0 Å². The van der Waals surface area contributed by atoms with Gasteiger partial charge in [-0.1, -0.05) is 36.4 Å². The lowest BCUT2D eigenvalue weighted by atomic mass is 9.94. The van der Waals surface area contributed by atoms with Crippen molar-refractivity contribution in [3.63, 3.8) is 0 Å². The molecule has 2 amide bonds. The lowest BCUT2D eigenvalue weighted by molar-refractivity contribution is -0.121. The van der Waals surface area contributed by atoms with Gasteiger partial charge in [-0.25, -0.2) is 9.59 Å². The van der Waals surface area contributed by atoms with Gasteiger partial charge in [0.15, 0.2) is 5.78 Å². The van der Waals surface area contributed by atoms with Crippen LogP contribution in [-0.4, -0.2) is 58.0 Å². The molecule has 1 aromatic carbocycles. The van der Waals surface area contributed by atoms with E-state index in [-0.39, 0.29) is 11.7 Å². The molecule has 0 saturated carbocycles. The molecule has 0 aliphatic carbocycles. The van der Waals surface area contributed by atoms with Gasteiger partial charge in [0, 0.05) is 17.4 Å². The number of rotatable bonds is 8. The van der Waals surface area contributed by atoms with E-state index in [9.17, 15) is 14.4 Å². The average Bonchev–Trinajstić information content (AvgIpc) is 3.11. The fourth-order valence-electron chi connectivity index (χ4n) is 4.14. The van der Waals surface area contributed by atoms with E-state index < -0.39 is 41.5 Å². The first-order valence-electron chi connectivity index (χ1n) is 12.0. The molecule has 7 nitrogen and oxygen atoms in total. The number of alkyl carbamates (subject to hydrolysis) is 1. The number of Topliss-reactive ketones (excluding diaryl/α,β-unsaturated/α-hetero) is 1. The van der Waals surface area contributed by atoms with Crippen LogP contribution in [0.3, 0.4) is 0 Å². The number of carbonyl (C=O) groups is 3. The summed E-state index contributed by atoms with van der Waals surface area (Å²) in [5.41, 5.74) is -0.247. The third-order valence-electron chi connectivity index (χ3n) is 5.49. The van der Waals surface area contributed by atoms with Crippen LogP contribution in [-0.2, 0) is 20.0 Å². The van der Waals surface area contributed by atoms with Gasteiger partial charge in [0.1, 0.15) is 11.2 Å². The second kappa shape index (κ2) is 12.0. The monoisotopic (exact) mass is 504 g/mol. The number of ketones is 1. The van der Waals surface area contributed by atoms with Gasteiger partial charge in [0.05, 0.1) is 18.1 Å². The second-order valence-corrected chi connectivity index (χ2v) is 11.9. The maximum Gasteiger partial charge on any atom is 0.411 e. The van der Waals surface area contributed by atoms with E-state index in [0.717, 1.165) is 11.3 Å². The first-order chi connectivity index (χ1) is 16.2. The van der Waals surface area contributed by atoms with E-state index in [1.54, 1.807) is 59.4 Å². The largest absolute Gasteiger partial charge is 0.444 e. The topological polar surface area (TPSA) is 84.9 Å². The SMILES string of the molecule is C=C[C@@H]1C[C@H](C(C)=O)N(C(=O)OC(C)(C)C)[C@@H]1[C@H](CSCc1ccccc1)NC(=O)OC(C)(C)C. The Morgan fingerprint density at radius 1 is 1.11 bits per heavy atom. The number of carbonyl (C=O) groups excluding carboxylic acids is 3. The molecule has 1 N–H and O–H groups in total. The molecule has 0 aromatic heterocycles. The molecule has 194 valence electrons. The third kappa shape index (κ3) is 8.91. The zero-order chi connectivity index (χ0) is 26.4. The lowest BCUT2D eigenvalue weighted by Crippen LogP contribution is -2.57. The Bertz CT molecular complexity index is 891. The minimum Gasteiger partial charge on any atom is -0.444 e. The van der Waals surface area contributed by atoms with Crippen molar-refractivity contribution in [1.29, 1.82) is 0 Å². The van der Waals surface area contributed by atoms with Crippen LogP contribution in [0.2, 0.25) is 0 Å². The Kier molecular flexibility index (Phi) is 9.84. The van der Waals surface area contributed by atoms with E-state index >= 15 is 0 Å². The molecule has 1 fully saturated rings. The number of nitrogens with one attached hydrogen (secondary N) is 1. The summed E-state index contributed by atoms with van der Waals surface area (Å²) in [4.78, 5) is 40.2. The number of thioether (sulfide) groups is 1. The molecule has 1 saturated heterocycles. The summed E-state index contributed by atoms with van der Waals surface area (Å²) in [5, 5.41) is 2.98. The van der Waals surface area contributed by atoms with Crippen LogP contribution in [0.4, 0.5) is 9.59 Å². The van der Waals surface area contributed by atoms with Gasteiger partial charge in [-0.3, -0.25) is 9.69 Å². The van der Waals surface area contributed by atoms with E-state index in [1.165, 1.54) is 11.8 Å². The summed E-state index contributed by atoms with van der Waals surface area (Å²) in [5.74, 6) is 0.918. The Morgan fingerprint density at radius 2 is 1.71 bits per heavy atom. The van der Waals surface area contributed by atoms with Crippen LogP contribution in [0.25, 0.3) is 0 Å². The Morgan fingerprint density at radius 3 is 2.23 bits per heavy atom. The van der Waals surface area contributed by atoms with Crippen molar-refractivity contribution in [1.82, 2.24) is 10.2 Å². The van der Waals surface area contributed by atoms with Crippen molar-refractivity contribution >= 4 is 29.7 Å². The summed E-state index contributed by atoms with van der Waals surface area (Å²) in [6, 6.07) is 8.38. The zero-order valence-electron chi connectivity index (χ0n) is 22.0. The molecule has 0 bridgehead atoms. The summed E-state index contributed by atoms with van der Waals surface area (Å²) in [6.45, 7) is 16.2. The number of hydrogen-bond donors (Lipinski definition) is 1. The van der Waals surface area contributed by atoms with Gasteiger partial charge in [-0.2, -0.15) is 11.8 Å². The van der Waals surface area contributed by atoms with Gasteiger partial charge in [0.25, 0.3) is 0 Å². The fourth-order valence-corrected chi connectivity index (χ4v) is 5.22. The Balaban J connectivity index is 2.37. The number of amides is 2. The molecule has 4 atom stereocenters. The van der Waals surface area contributed by atoms with Crippen LogP contribution >= 0.6 is 11.8 Å². The minimum absolute atomic E-state index is 0.127. The Labute approximate surface area is 214 Å². The number of likely N-dealkylation sites (tertiary alicyclic amines) is 1. The smallest absolute Gasteiger partial charge is 0.411 e. The molecular formula is C27H40N2O5S. The fraction of sp³-hybridized carbons (Fsp3) is 0.593. The van der Waals surface area contributed by atoms with Gasteiger partial charge >= 0.3 is 12.2 Å². The standard InChI is InChI=1S/C27H40N2O5S/c1-9-20-15-22(18(2)30)29(25(32)34-27(6,7)8)23(20)21(28-24(31)33-26(3,4)5)17-35-16-19-13-11-10-12-14-19/h9-14,20-23H,1,15-17H2,2-8H3,(H,28,31)/t20-,21+,22-,23+/m1/s1. The summed E-state index contributed by atoms with van der Waals surface area (Å²) in [6.07, 6.45) is 1.05. The van der Waals surface area contributed by atoms with Crippen LogP contribution in [0.5, 0.6) is 0 Å².